The summed E-state index contributed by atoms with van der Waals surface area (Å²) in [6.45, 7) is 0.151. The number of hydrogen-bond acceptors (Lipinski definition) is 4. The number of amides is 2. The molecule has 1 atom stereocenters. The van der Waals surface area contributed by atoms with Gasteiger partial charge in [0.1, 0.15) is 11.6 Å². The average Bonchev–Trinajstić information content (AvgIpc) is 2.60. The van der Waals surface area contributed by atoms with Gasteiger partial charge < -0.3 is 20.7 Å². The van der Waals surface area contributed by atoms with Crippen LogP contribution in [0.15, 0.2) is 48.5 Å². The van der Waals surface area contributed by atoms with Gasteiger partial charge in [-0.2, -0.15) is 0 Å². The summed E-state index contributed by atoms with van der Waals surface area (Å²) in [6.07, 6.45) is 0. The average molecular weight is 359 g/mol. The van der Waals surface area contributed by atoms with Crippen LogP contribution in [0.5, 0.6) is 5.75 Å². The van der Waals surface area contributed by atoms with E-state index in [4.69, 9.17) is 10.5 Å². The topological polar surface area (TPSA) is 84.7 Å². The van der Waals surface area contributed by atoms with Gasteiger partial charge in [-0.25, -0.2) is 4.39 Å². The number of nitrogens with two attached hydrogens (primary N) is 1. The number of carbonyl (C=O) groups is 2. The predicted octanol–water partition coefficient (Wildman–Crippen LogP) is 1.72. The Bertz CT molecular complexity index is 763. The van der Waals surface area contributed by atoms with Gasteiger partial charge in [0.05, 0.1) is 6.04 Å². The molecule has 0 aliphatic rings. The molecule has 0 heterocycles. The molecule has 0 aliphatic heterocycles. The van der Waals surface area contributed by atoms with Crippen LogP contribution in [-0.4, -0.2) is 44.0 Å². The number of carbonyl (C=O) groups excluding carboxylic acids is 2. The second-order valence-corrected chi connectivity index (χ2v) is 6.02. The number of ether oxygens (including phenoxy) is 1. The van der Waals surface area contributed by atoms with Crippen LogP contribution >= 0.6 is 0 Å². The fourth-order valence-corrected chi connectivity index (χ4v) is 2.44. The molecule has 138 valence electrons. The fourth-order valence-electron chi connectivity index (χ4n) is 2.44. The summed E-state index contributed by atoms with van der Waals surface area (Å²) in [5, 5.41) is 2.78. The molecular weight excluding hydrogens is 337 g/mol. The SMILES string of the molecule is CN(C)C(CNC(=O)COc1ccc(C(N)=O)cc1)c1cccc(F)c1. The Hall–Kier alpha value is -2.93. The molecule has 0 radical (unpaired) electrons. The number of likely N-dealkylation sites (N-methyl/N-ethyl adjacent to an activating group) is 1. The summed E-state index contributed by atoms with van der Waals surface area (Å²) < 4.78 is 18.8. The molecule has 0 aliphatic carbocycles. The second-order valence-electron chi connectivity index (χ2n) is 6.02. The number of benzene rings is 2. The smallest absolute Gasteiger partial charge is 0.258 e. The summed E-state index contributed by atoms with van der Waals surface area (Å²) in [4.78, 5) is 24.9. The highest BCUT2D eigenvalue weighted by Crippen LogP contribution is 2.18. The lowest BCUT2D eigenvalue weighted by atomic mass is 10.1. The van der Waals surface area contributed by atoms with E-state index in [9.17, 15) is 14.0 Å². The fraction of sp³-hybridized carbons (Fsp3) is 0.263. The summed E-state index contributed by atoms with van der Waals surface area (Å²) in [5.74, 6) is -0.684. The number of rotatable bonds is 8. The zero-order valence-electron chi connectivity index (χ0n) is 14.7. The Balaban J connectivity index is 1.87. The minimum Gasteiger partial charge on any atom is -0.484 e. The highest BCUT2D eigenvalue weighted by Gasteiger charge is 2.16. The Kier molecular flexibility index (Phi) is 6.68. The molecule has 0 spiro atoms. The van der Waals surface area contributed by atoms with Crippen molar-refractivity contribution in [1.82, 2.24) is 10.2 Å². The van der Waals surface area contributed by atoms with E-state index in [1.54, 1.807) is 18.2 Å². The van der Waals surface area contributed by atoms with E-state index < -0.39 is 5.91 Å². The summed E-state index contributed by atoms with van der Waals surface area (Å²) in [7, 11) is 3.72. The van der Waals surface area contributed by atoms with E-state index in [-0.39, 0.29) is 24.4 Å². The van der Waals surface area contributed by atoms with Gasteiger partial charge in [-0.1, -0.05) is 12.1 Å². The molecule has 0 fully saturated rings. The molecule has 2 amide bonds. The normalized spacial score (nSPS) is 11.8. The van der Waals surface area contributed by atoms with Crippen molar-refractivity contribution in [2.75, 3.05) is 27.2 Å². The molecule has 1 unspecified atom stereocenters. The van der Waals surface area contributed by atoms with Crippen molar-refractivity contribution in [2.24, 2.45) is 5.73 Å². The van der Waals surface area contributed by atoms with Gasteiger partial charge in [0.25, 0.3) is 5.91 Å². The van der Waals surface area contributed by atoms with E-state index in [2.05, 4.69) is 5.32 Å². The molecule has 2 aromatic rings. The Morgan fingerprint density at radius 1 is 1.19 bits per heavy atom. The predicted molar refractivity (Wildman–Crippen MR) is 96.3 cm³/mol. The van der Waals surface area contributed by atoms with Crippen molar-refractivity contribution in [3.05, 3.63) is 65.5 Å². The van der Waals surface area contributed by atoms with E-state index >= 15 is 0 Å². The van der Waals surface area contributed by atoms with Crippen molar-refractivity contribution < 1.29 is 18.7 Å². The lowest BCUT2D eigenvalue weighted by Crippen LogP contribution is -2.36. The van der Waals surface area contributed by atoms with Crippen molar-refractivity contribution in [2.45, 2.75) is 6.04 Å². The van der Waals surface area contributed by atoms with Crippen LogP contribution in [0.3, 0.4) is 0 Å². The first-order valence-electron chi connectivity index (χ1n) is 8.08. The van der Waals surface area contributed by atoms with E-state index in [0.29, 0.717) is 17.9 Å². The van der Waals surface area contributed by atoms with E-state index in [0.717, 1.165) is 5.56 Å². The maximum atomic E-state index is 13.4. The maximum Gasteiger partial charge on any atom is 0.258 e. The number of halogens is 1. The zero-order valence-corrected chi connectivity index (χ0v) is 14.7. The molecule has 2 aromatic carbocycles. The minimum absolute atomic E-state index is 0.162. The van der Waals surface area contributed by atoms with Crippen LogP contribution in [0.1, 0.15) is 22.0 Å². The molecule has 26 heavy (non-hydrogen) atoms. The lowest BCUT2D eigenvalue weighted by molar-refractivity contribution is -0.123. The molecule has 0 saturated carbocycles. The number of hydrogen-bond donors (Lipinski definition) is 2. The van der Waals surface area contributed by atoms with Crippen LogP contribution in [0.2, 0.25) is 0 Å². The first-order chi connectivity index (χ1) is 12.4. The summed E-state index contributed by atoms with van der Waals surface area (Å²) >= 11 is 0. The first kappa shape index (κ1) is 19.4. The molecule has 7 heteroatoms. The molecule has 0 bridgehead atoms. The van der Waals surface area contributed by atoms with Gasteiger partial charge in [-0.05, 0) is 56.1 Å². The van der Waals surface area contributed by atoms with E-state index in [1.165, 1.54) is 24.3 Å². The summed E-state index contributed by atoms with van der Waals surface area (Å²) in [6, 6.07) is 12.3. The Morgan fingerprint density at radius 2 is 1.88 bits per heavy atom. The van der Waals surface area contributed by atoms with Gasteiger partial charge in [-0.15, -0.1) is 0 Å². The Labute approximate surface area is 151 Å². The minimum atomic E-state index is -0.527. The highest BCUT2D eigenvalue weighted by molar-refractivity contribution is 5.92. The number of primary amides is 1. The third kappa shape index (κ3) is 5.56. The van der Waals surface area contributed by atoms with Gasteiger partial charge in [0.15, 0.2) is 6.61 Å². The summed E-state index contributed by atoms with van der Waals surface area (Å²) in [5.41, 5.74) is 6.31. The number of nitrogens with zero attached hydrogens (tertiary/aromatic N) is 1. The van der Waals surface area contributed by atoms with Crippen molar-refractivity contribution in [3.8, 4) is 5.75 Å². The first-order valence-corrected chi connectivity index (χ1v) is 8.08. The standard InChI is InChI=1S/C19H22FN3O3/c1-23(2)17(14-4-3-5-15(20)10-14)11-22-18(24)12-26-16-8-6-13(7-9-16)19(21)25/h3-10,17H,11-12H2,1-2H3,(H2,21,25)(H,22,24). The largest absolute Gasteiger partial charge is 0.484 e. The molecule has 6 nitrogen and oxygen atoms in total. The molecular formula is C19H22FN3O3. The molecule has 3 N–H and O–H groups in total. The van der Waals surface area contributed by atoms with Gasteiger partial charge in [-0.3, -0.25) is 9.59 Å². The van der Waals surface area contributed by atoms with Gasteiger partial charge >= 0.3 is 0 Å². The van der Waals surface area contributed by atoms with Crippen LogP contribution in [0.4, 0.5) is 4.39 Å². The third-order valence-corrected chi connectivity index (χ3v) is 3.86. The zero-order chi connectivity index (χ0) is 19.1. The van der Waals surface area contributed by atoms with Crippen molar-refractivity contribution in [3.63, 3.8) is 0 Å². The molecule has 2 rings (SSSR count). The van der Waals surface area contributed by atoms with Crippen LogP contribution in [0.25, 0.3) is 0 Å². The van der Waals surface area contributed by atoms with Crippen LogP contribution < -0.4 is 15.8 Å². The van der Waals surface area contributed by atoms with Crippen molar-refractivity contribution in [1.29, 1.82) is 0 Å². The van der Waals surface area contributed by atoms with Gasteiger partial charge in [0, 0.05) is 12.1 Å². The van der Waals surface area contributed by atoms with Crippen LogP contribution in [0, 0.1) is 5.82 Å². The van der Waals surface area contributed by atoms with E-state index in [1.807, 2.05) is 25.1 Å². The van der Waals surface area contributed by atoms with Crippen molar-refractivity contribution >= 4 is 11.8 Å². The molecule has 0 saturated heterocycles. The van der Waals surface area contributed by atoms with Crippen LogP contribution in [-0.2, 0) is 4.79 Å². The van der Waals surface area contributed by atoms with Gasteiger partial charge in [0.2, 0.25) is 5.91 Å². The quantitative estimate of drug-likeness (QED) is 0.752. The monoisotopic (exact) mass is 359 g/mol. The lowest BCUT2D eigenvalue weighted by Gasteiger charge is -2.25. The third-order valence-electron chi connectivity index (χ3n) is 3.86. The maximum absolute atomic E-state index is 13.4. The Morgan fingerprint density at radius 3 is 2.46 bits per heavy atom. The number of nitrogens with one attached hydrogen (secondary N) is 1. The molecule has 0 aromatic heterocycles. The highest BCUT2D eigenvalue weighted by atomic mass is 19.1. The second kappa shape index (κ2) is 8.96.